The smallest absolute Gasteiger partial charge is 0.255 e. The van der Waals surface area contributed by atoms with Crippen molar-refractivity contribution < 1.29 is 18.7 Å². The van der Waals surface area contributed by atoms with Crippen LogP contribution in [-0.2, 0) is 6.54 Å². The number of furan rings is 1. The third kappa shape index (κ3) is 6.24. The molecule has 0 radical (unpaired) electrons. The first-order valence-electron chi connectivity index (χ1n) is 9.96. The minimum atomic E-state index is -0.223. The minimum Gasteiger partial charge on any atom is -0.494 e. The van der Waals surface area contributed by atoms with Crippen LogP contribution in [0.3, 0.4) is 0 Å². The monoisotopic (exact) mass is 406 g/mol. The van der Waals surface area contributed by atoms with Gasteiger partial charge in [-0.1, -0.05) is 13.8 Å². The molecule has 3 aromatic rings. The molecule has 0 aliphatic heterocycles. The van der Waals surface area contributed by atoms with Crippen LogP contribution in [0.5, 0.6) is 5.75 Å². The molecule has 156 valence electrons. The Balaban J connectivity index is 1.50. The van der Waals surface area contributed by atoms with E-state index < -0.39 is 0 Å². The Morgan fingerprint density at radius 2 is 1.60 bits per heavy atom. The Bertz CT molecular complexity index is 946. The average molecular weight is 406 g/mol. The van der Waals surface area contributed by atoms with Crippen LogP contribution in [0, 0.1) is 5.92 Å². The Kier molecular flexibility index (Phi) is 7.27. The zero-order valence-electron chi connectivity index (χ0n) is 17.2. The number of hydrogen-bond donors (Lipinski definition) is 2. The van der Waals surface area contributed by atoms with E-state index in [9.17, 15) is 9.59 Å². The zero-order valence-corrected chi connectivity index (χ0v) is 17.2. The molecule has 0 spiro atoms. The SMILES string of the molecule is CC(C)CCOc1ccc(C(=O)Nc2ccc(C(=O)NCc3ccco3)cc2)cc1. The van der Waals surface area contributed by atoms with Crippen LogP contribution in [0.4, 0.5) is 5.69 Å². The second kappa shape index (κ2) is 10.3. The van der Waals surface area contributed by atoms with E-state index in [2.05, 4.69) is 24.5 Å². The van der Waals surface area contributed by atoms with Gasteiger partial charge in [-0.05, 0) is 73.0 Å². The van der Waals surface area contributed by atoms with Crippen LogP contribution in [0.25, 0.3) is 0 Å². The summed E-state index contributed by atoms with van der Waals surface area (Å²) < 4.78 is 10.9. The molecule has 1 aromatic heterocycles. The van der Waals surface area contributed by atoms with Crippen molar-refractivity contribution in [2.45, 2.75) is 26.8 Å². The third-order valence-electron chi connectivity index (χ3n) is 4.49. The highest BCUT2D eigenvalue weighted by Gasteiger charge is 2.09. The van der Waals surface area contributed by atoms with E-state index in [-0.39, 0.29) is 11.8 Å². The van der Waals surface area contributed by atoms with E-state index in [1.54, 1.807) is 66.9 Å². The number of amides is 2. The molecule has 1 heterocycles. The minimum absolute atomic E-state index is 0.211. The fraction of sp³-hybridized carbons (Fsp3) is 0.250. The van der Waals surface area contributed by atoms with Gasteiger partial charge in [0.1, 0.15) is 11.5 Å². The van der Waals surface area contributed by atoms with E-state index in [1.165, 1.54) is 0 Å². The Hall–Kier alpha value is -3.54. The molecule has 6 nitrogen and oxygen atoms in total. The number of hydrogen-bond acceptors (Lipinski definition) is 4. The van der Waals surface area contributed by atoms with Crippen LogP contribution in [0.15, 0.2) is 71.3 Å². The van der Waals surface area contributed by atoms with Crippen LogP contribution in [0.2, 0.25) is 0 Å². The van der Waals surface area contributed by atoms with Crippen LogP contribution in [-0.4, -0.2) is 18.4 Å². The number of benzene rings is 2. The van der Waals surface area contributed by atoms with Gasteiger partial charge in [-0.15, -0.1) is 0 Å². The molecular weight excluding hydrogens is 380 g/mol. The van der Waals surface area contributed by atoms with Gasteiger partial charge in [-0.2, -0.15) is 0 Å². The van der Waals surface area contributed by atoms with Gasteiger partial charge in [0.2, 0.25) is 0 Å². The molecule has 0 aliphatic rings. The molecule has 30 heavy (non-hydrogen) atoms. The lowest BCUT2D eigenvalue weighted by atomic mass is 10.1. The Labute approximate surface area is 176 Å². The van der Waals surface area contributed by atoms with Gasteiger partial charge in [0.25, 0.3) is 11.8 Å². The van der Waals surface area contributed by atoms with Gasteiger partial charge in [-0.3, -0.25) is 9.59 Å². The molecule has 0 atom stereocenters. The van der Waals surface area contributed by atoms with E-state index >= 15 is 0 Å². The normalized spacial score (nSPS) is 10.6. The van der Waals surface area contributed by atoms with Gasteiger partial charge in [0.15, 0.2) is 0 Å². The van der Waals surface area contributed by atoms with Gasteiger partial charge < -0.3 is 19.8 Å². The summed E-state index contributed by atoms with van der Waals surface area (Å²) in [7, 11) is 0. The van der Waals surface area contributed by atoms with Crippen molar-refractivity contribution in [3.63, 3.8) is 0 Å². The molecule has 0 fully saturated rings. The van der Waals surface area contributed by atoms with Gasteiger partial charge in [0.05, 0.1) is 19.4 Å². The lowest BCUT2D eigenvalue weighted by Crippen LogP contribution is -2.22. The van der Waals surface area contributed by atoms with Gasteiger partial charge >= 0.3 is 0 Å². The fourth-order valence-electron chi connectivity index (χ4n) is 2.71. The number of carbonyl (C=O) groups is 2. The summed E-state index contributed by atoms with van der Waals surface area (Å²) in [6.07, 6.45) is 2.55. The highest BCUT2D eigenvalue weighted by atomic mass is 16.5. The van der Waals surface area contributed by atoms with Crippen LogP contribution < -0.4 is 15.4 Å². The van der Waals surface area contributed by atoms with E-state index in [0.29, 0.717) is 41.6 Å². The van der Waals surface area contributed by atoms with Crippen molar-refractivity contribution in [2.75, 3.05) is 11.9 Å². The summed E-state index contributed by atoms with van der Waals surface area (Å²) in [6.45, 7) is 5.28. The van der Waals surface area contributed by atoms with Crippen molar-refractivity contribution in [3.05, 3.63) is 83.8 Å². The van der Waals surface area contributed by atoms with Crippen molar-refractivity contribution >= 4 is 17.5 Å². The summed E-state index contributed by atoms with van der Waals surface area (Å²) in [6, 6.07) is 17.3. The highest BCUT2D eigenvalue weighted by Crippen LogP contribution is 2.16. The fourth-order valence-corrected chi connectivity index (χ4v) is 2.71. The molecule has 2 N–H and O–H groups in total. The van der Waals surface area contributed by atoms with Crippen molar-refractivity contribution in [1.29, 1.82) is 0 Å². The summed E-state index contributed by atoms with van der Waals surface area (Å²) in [4.78, 5) is 24.6. The first kappa shape index (κ1) is 21.2. The number of carbonyl (C=O) groups excluding carboxylic acids is 2. The standard InChI is InChI=1S/C24H26N2O4/c1-17(2)13-15-30-21-11-7-19(8-12-21)24(28)26-20-9-5-18(6-10-20)23(27)25-16-22-4-3-14-29-22/h3-12,14,17H,13,15-16H2,1-2H3,(H,25,27)(H,26,28). The first-order chi connectivity index (χ1) is 14.5. The van der Waals surface area contributed by atoms with Gasteiger partial charge in [-0.25, -0.2) is 0 Å². The second-order valence-corrected chi connectivity index (χ2v) is 7.35. The number of anilines is 1. The third-order valence-corrected chi connectivity index (χ3v) is 4.49. The largest absolute Gasteiger partial charge is 0.494 e. The van der Waals surface area contributed by atoms with Gasteiger partial charge in [0, 0.05) is 16.8 Å². The lowest BCUT2D eigenvalue weighted by molar-refractivity contribution is 0.0947. The molecule has 0 unspecified atom stereocenters. The van der Waals surface area contributed by atoms with E-state index in [4.69, 9.17) is 9.15 Å². The molecule has 2 aromatic carbocycles. The maximum absolute atomic E-state index is 12.4. The van der Waals surface area contributed by atoms with Crippen molar-refractivity contribution in [2.24, 2.45) is 5.92 Å². The molecule has 0 aliphatic carbocycles. The molecule has 2 amide bonds. The maximum Gasteiger partial charge on any atom is 0.255 e. The molecule has 0 saturated carbocycles. The van der Waals surface area contributed by atoms with E-state index in [1.807, 2.05) is 0 Å². The zero-order chi connectivity index (χ0) is 21.3. The molecule has 0 bridgehead atoms. The molecule has 3 rings (SSSR count). The summed E-state index contributed by atoms with van der Waals surface area (Å²) in [5, 5.41) is 5.61. The number of rotatable bonds is 9. The molecule has 0 saturated heterocycles. The quantitative estimate of drug-likeness (QED) is 0.530. The van der Waals surface area contributed by atoms with Crippen molar-refractivity contribution in [3.8, 4) is 5.75 Å². The molecular formula is C24H26N2O4. The maximum atomic E-state index is 12.4. The average Bonchev–Trinajstić information content (AvgIpc) is 3.26. The predicted molar refractivity (Wildman–Crippen MR) is 116 cm³/mol. The Morgan fingerprint density at radius 1 is 0.933 bits per heavy atom. The summed E-state index contributed by atoms with van der Waals surface area (Å²) in [5.41, 5.74) is 1.65. The lowest BCUT2D eigenvalue weighted by Gasteiger charge is -2.09. The molecule has 6 heteroatoms. The predicted octanol–water partition coefficient (Wildman–Crippen LogP) is 4.89. The second-order valence-electron chi connectivity index (χ2n) is 7.35. The number of nitrogens with one attached hydrogen (secondary N) is 2. The van der Waals surface area contributed by atoms with Crippen molar-refractivity contribution in [1.82, 2.24) is 5.32 Å². The summed E-state index contributed by atoms with van der Waals surface area (Å²) in [5.74, 6) is 1.58. The number of ether oxygens (including phenoxy) is 1. The van der Waals surface area contributed by atoms with Crippen LogP contribution in [0.1, 0.15) is 46.7 Å². The first-order valence-corrected chi connectivity index (χ1v) is 9.96. The van der Waals surface area contributed by atoms with Crippen LogP contribution >= 0.6 is 0 Å². The highest BCUT2D eigenvalue weighted by molar-refractivity contribution is 6.04. The topological polar surface area (TPSA) is 80.6 Å². The van der Waals surface area contributed by atoms with E-state index in [0.717, 1.165) is 12.2 Å². The summed E-state index contributed by atoms with van der Waals surface area (Å²) >= 11 is 0. The Morgan fingerprint density at radius 3 is 2.23 bits per heavy atom.